The lowest BCUT2D eigenvalue weighted by Gasteiger charge is -2.38. The van der Waals surface area contributed by atoms with Crippen LogP contribution in [0.15, 0.2) is 146 Å². The fourth-order valence-corrected chi connectivity index (χ4v) is 15.7. The molecule has 0 aliphatic rings. The Morgan fingerprint density at radius 2 is 0.982 bits per heavy atom. The fourth-order valence-electron chi connectivity index (χ4n) is 10.1. The van der Waals surface area contributed by atoms with E-state index in [1.807, 2.05) is 6.20 Å². The standard InChI is InChI=1S/C50H43N5Si/c1-31-25-33(3)48(34(4)26-31)56(49-35(5)27-32(2)28-36(49)6,38-16-13-15-37(29-38)54-43-20-10-9-19-41(43)42-30-51-53-50(42)54)47-24-14-23-46(52-47)55-44-21-11-7-17-39(44)40-18-8-12-22-45(40)55/h7-30H,1-6H3,(H,51,53). The van der Waals surface area contributed by atoms with Gasteiger partial charge in [-0.25, -0.2) is 4.98 Å². The Kier molecular flexibility index (Phi) is 7.77. The van der Waals surface area contributed by atoms with Gasteiger partial charge in [-0.05, 0) is 99.6 Å². The van der Waals surface area contributed by atoms with Crippen molar-refractivity contribution < 1.29 is 0 Å². The van der Waals surface area contributed by atoms with Crippen LogP contribution in [-0.2, 0) is 0 Å². The van der Waals surface area contributed by atoms with E-state index >= 15 is 0 Å². The average molecular weight is 742 g/mol. The first-order valence-electron chi connectivity index (χ1n) is 19.4. The first kappa shape index (κ1) is 34.0. The summed E-state index contributed by atoms with van der Waals surface area (Å²) in [7, 11) is -3.23. The highest BCUT2D eigenvalue weighted by molar-refractivity contribution is 7.20. The van der Waals surface area contributed by atoms with Crippen LogP contribution in [0, 0.1) is 41.5 Å². The first-order valence-corrected chi connectivity index (χ1v) is 21.4. The van der Waals surface area contributed by atoms with Crippen molar-refractivity contribution in [2.75, 3.05) is 0 Å². The number of benzene rings is 6. The van der Waals surface area contributed by atoms with Crippen molar-refractivity contribution in [1.82, 2.24) is 24.3 Å². The Bertz CT molecular complexity index is 3020. The maximum atomic E-state index is 5.91. The third-order valence-electron chi connectivity index (χ3n) is 11.8. The van der Waals surface area contributed by atoms with E-state index in [0.29, 0.717) is 0 Å². The Labute approximate surface area is 327 Å². The van der Waals surface area contributed by atoms with Gasteiger partial charge in [0, 0.05) is 32.5 Å². The van der Waals surface area contributed by atoms with Gasteiger partial charge in [0.2, 0.25) is 8.07 Å². The molecule has 1 N–H and O–H groups in total. The summed E-state index contributed by atoms with van der Waals surface area (Å²) in [6, 6.07) is 51.6. The summed E-state index contributed by atoms with van der Waals surface area (Å²) >= 11 is 0. The van der Waals surface area contributed by atoms with Crippen LogP contribution < -0.4 is 20.9 Å². The van der Waals surface area contributed by atoms with Gasteiger partial charge in [-0.1, -0.05) is 130 Å². The predicted octanol–water partition coefficient (Wildman–Crippen LogP) is 9.23. The van der Waals surface area contributed by atoms with Gasteiger partial charge in [0.1, 0.15) is 11.5 Å². The second-order valence-corrected chi connectivity index (χ2v) is 19.2. The molecule has 10 rings (SSSR count). The molecule has 4 aromatic heterocycles. The Morgan fingerprint density at radius 3 is 1.55 bits per heavy atom. The maximum Gasteiger partial charge on any atom is 0.203 e. The number of hydrogen-bond donors (Lipinski definition) is 1. The van der Waals surface area contributed by atoms with Crippen molar-refractivity contribution in [2.45, 2.75) is 41.5 Å². The second kappa shape index (κ2) is 12.8. The van der Waals surface area contributed by atoms with Crippen LogP contribution in [0.2, 0.25) is 0 Å². The normalized spacial score (nSPS) is 12.1. The lowest BCUT2D eigenvalue weighted by molar-refractivity contribution is 1.05. The number of nitrogens with one attached hydrogen (secondary N) is 1. The van der Waals surface area contributed by atoms with Crippen molar-refractivity contribution in [2.24, 2.45) is 0 Å². The molecule has 6 aromatic carbocycles. The van der Waals surface area contributed by atoms with E-state index in [1.165, 1.54) is 65.1 Å². The molecule has 0 spiro atoms. The van der Waals surface area contributed by atoms with E-state index < -0.39 is 8.07 Å². The van der Waals surface area contributed by atoms with E-state index in [1.54, 1.807) is 0 Å². The third-order valence-corrected chi connectivity index (χ3v) is 17.1. The van der Waals surface area contributed by atoms with Crippen molar-refractivity contribution in [1.29, 1.82) is 0 Å². The molecular formula is C50H43N5Si. The molecule has 0 aliphatic carbocycles. The van der Waals surface area contributed by atoms with Gasteiger partial charge in [-0.2, -0.15) is 5.10 Å². The monoisotopic (exact) mass is 741 g/mol. The van der Waals surface area contributed by atoms with Gasteiger partial charge in [0.15, 0.2) is 0 Å². The molecule has 6 heteroatoms. The van der Waals surface area contributed by atoms with E-state index in [2.05, 4.69) is 200 Å². The number of hydrogen-bond acceptors (Lipinski definition) is 2. The molecule has 0 saturated carbocycles. The van der Waals surface area contributed by atoms with Gasteiger partial charge in [0.05, 0.1) is 22.7 Å². The van der Waals surface area contributed by atoms with Crippen LogP contribution in [0.25, 0.3) is 55.2 Å². The highest BCUT2D eigenvalue weighted by Crippen LogP contribution is 2.33. The molecule has 0 atom stereocenters. The van der Waals surface area contributed by atoms with Crippen LogP contribution >= 0.6 is 0 Å². The number of aryl methyl sites for hydroxylation is 6. The summed E-state index contributed by atoms with van der Waals surface area (Å²) in [4.78, 5) is 5.91. The minimum atomic E-state index is -3.23. The minimum absolute atomic E-state index is 0.924. The van der Waals surface area contributed by atoms with Crippen LogP contribution in [0.5, 0.6) is 0 Å². The van der Waals surface area contributed by atoms with Gasteiger partial charge in [-0.15, -0.1) is 0 Å². The minimum Gasteiger partial charge on any atom is -0.294 e. The zero-order valence-electron chi connectivity index (χ0n) is 32.6. The molecule has 0 saturated heterocycles. The molecule has 0 fully saturated rings. The van der Waals surface area contributed by atoms with Crippen molar-refractivity contribution in [3.63, 3.8) is 0 Å². The number of rotatable bonds is 6. The molecule has 4 heterocycles. The Morgan fingerprint density at radius 1 is 0.482 bits per heavy atom. The smallest absolute Gasteiger partial charge is 0.203 e. The summed E-state index contributed by atoms with van der Waals surface area (Å²) in [5.74, 6) is 0.924. The first-order chi connectivity index (χ1) is 27.3. The van der Waals surface area contributed by atoms with Crippen molar-refractivity contribution in [3.8, 4) is 11.5 Å². The molecule has 272 valence electrons. The zero-order chi connectivity index (χ0) is 38.3. The lowest BCUT2D eigenvalue weighted by atomic mass is 10.1. The molecule has 0 bridgehead atoms. The summed E-state index contributed by atoms with van der Waals surface area (Å²) in [6.45, 7) is 13.7. The van der Waals surface area contributed by atoms with Crippen molar-refractivity contribution in [3.05, 3.63) is 179 Å². The fraction of sp³-hybridized carbons (Fsp3) is 0.120. The number of pyridine rings is 1. The topological polar surface area (TPSA) is 51.4 Å². The Hall–Kier alpha value is -6.50. The largest absolute Gasteiger partial charge is 0.294 e. The van der Waals surface area contributed by atoms with Gasteiger partial charge in [0.25, 0.3) is 0 Å². The number of nitrogens with zero attached hydrogens (tertiary/aromatic N) is 4. The van der Waals surface area contributed by atoms with E-state index in [9.17, 15) is 0 Å². The molecule has 0 amide bonds. The Balaban J connectivity index is 1.36. The molecule has 5 nitrogen and oxygen atoms in total. The molecule has 0 unspecified atom stereocenters. The van der Waals surface area contributed by atoms with Gasteiger partial charge < -0.3 is 0 Å². The lowest BCUT2D eigenvalue weighted by Crippen LogP contribution is -2.77. The van der Waals surface area contributed by atoms with Crippen LogP contribution in [-0.4, -0.2) is 32.4 Å². The highest BCUT2D eigenvalue weighted by atomic mass is 28.3. The van der Waals surface area contributed by atoms with Crippen LogP contribution in [0.3, 0.4) is 0 Å². The average Bonchev–Trinajstić information content (AvgIpc) is 3.88. The van der Waals surface area contributed by atoms with E-state index in [-0.39, 0.29) is 0 Å². The quantitative estimate of drug-likeness (QED) is 0.137. The maximum absolute atomic E-state index is 5.91. The second-order valence-electron chi connectivity index (χ2n) is 15.6. The molecule has 0 aliphatic heterocycles. The summed E-state index contributed by atoms with van der Waals surface area (Å²) in [5.41, 5.74) is 13.3. The number of fused-ring (bicyclic) bond motifs is 6. The van der Waals surface area contributed by atoms with E-state index in [4.69, 9.17) is 4.98 Å². The highest BCUT2D eigenvalue weighted by Gasteiger charge is 2.47. The van der Waals surface area contributed by atoms with Gasteiger partial charge >= 0.3 is 0 Å². The third kappa shape index (κ3) is 4.92. The van der Waals surface area contributed by atoms with Crippen LogP contribution in [0.4, 0.5) is 0 Å². The summed E-state index contributed by atoms with van der Waals surface area (Å²) in [5, 5.41) is 17.8. The number of aromatic nitrogens is 5. The number of para-hydroxylation sites is 3. The van der Waals surface area contributed by atoms with Crippen LogP contribution in [0.1, 0.15) is 33.4 Å². The molecule has 0 radical (unpaired) electrons. The molecule has 56 heavy (non-hydrogen) atoms. The van der Waals surface area contributed by atoms with Gasteiger partial charge in [-0.3, -0.25) is 14.2 Å². The molecular weight excluding hydrogens is 699 g/mol. The van der Waals surface area contributed by atoms with Crippen molar-refractivity contribution >= 4 is 72.7 Å². The SMILES string of the molecule is Cc1cc(C)c([Si](c2cccc(-n3c4ccccc4c4cn[nH]c43)c2)(c2cccc(-n3c4ccccc4c4ccccc43)n2)c2c(C)cc(C)cc2C)c(C)c1. The molecule has 10 aromatic rings. The van der Waals surface area contributed by atoms with E-state index in [0.717, 1.165) is 44.4 Å². The number of H-pyrrole nitrogens is 1. The summed E-state index contributed by atoms with van der Waals surface area (Å²) in [6.07, 6.45) is 1.94. The number of aromatic amines is 1. The zero-order valence-corrected chi connectivity index (χ0v) is 33.6. The summed E-state index contributed by atoms with van der Waals surface area (Å²) < 4.78 is 4.69. The predicted molar refractivity (Wildman–Crippen MR) is 237 cm³/mol.